The third-order valence-electron chi connectivity index (χ3n) is 3.09. The quantitative estimate of drug-likeness (QED) is 0.644. The number of nitrogens with one attached hydrogen (secondary N) is 2. The summed E-state index contributed by atoms with van der Waals surface area (Å²) >= 11 is 0. The van der Waals surface area contributed by atoms with Crippen molar-refractivity contribution in [2.24, 2.45) is 0 Å². The van der Waals surface area contributed by atoms with E-state index in [0.29, 0.717) is 12.1 Å². The van der Waals surface area contributed by atoms with Gasteiger partial charge in [-0.3, -0.25) is 0 Å². The molecule has 2 N–H and O–H groups in total. The van der Waals surface area contributed by atoms with Gasteiger partial charge < -0.3 is 15.5 Å². The highest BCUT2D eigenvalue weighted by atomic mass is 16.2. The normalized spacial score (nSPS) is 28.4. The molecule has 14 heavy (non-hydrogen) atoms. The molecule has 80 valence electrons. The second-order valence-electron chi connectivity index (χ2n) is 4.38. The number of hydrogen-bond donors (Lipinski definition) is 2. The number of nitrogens with zero attached hydrogens (tertiary/aromatic N) is 1. The zero-order valence-electron chi connectivity index (χ0n) is 8.75. The fraction of sp³-hybridized carbons (Fsp3) is 0.900. The van der Waals surface area contributed by atoms with E-state index in [1.807, 2.05) is 4.90 Å². The van der Waals surface area contributed by atoms with Crippen LogP contribution in [0.5, 0.6) is 0 Å². The molecule has 0 unspecified atom stereocenters. The van der Waals surface area contributed by atoms with Crippen LogP contribution in [0.25, 0.3) is 0 Å². The standard InChI is InChI=1S/C10H19N3O/c1-8-7-13(6-5-11-8)10(14)12-9-3-2-4-9/h8-9,11H,2-7H2,1H3,(H,12,14)/t8-/m1/s1. The summed E-state index contributed by atoms with van der Waals surface area (Å²) in [5.41, 5.74) is 0. The number of rotatable bonds is 1. The van der Waals surface area contributed by atoms with Crippen molar-refractivity contribution in [2.75, 3.05) is 19.6 Å². The largest absolute Gasteiger partial charge is 0.335 e. The Hall–Kier alpha value is -0.770. The number of urea groups is 1. The van der Waals surface area contributed by atoms with Gasteiger partial charge in [-0.1, -0.05) is 0 Å². The molecule has 0 aromatic carbocycles. The summed E-state index contributed by atoms with van der Waals surface area (Å²) in [7, 11) is 0. The fourth-order valence-corrected chi connectivity index (χ4v) is 1.94. The second-order valence-corrected chi connectivity index (χ2v) is 4.38. The van der Waals surface area contributed by atoms with Crippen molar-refractivity contribution >= 4 is 6.03 Å². The summed E-state index contributed by atoms with van der Waals surface area (Å²) in [5, 5.41) is 6.39. The maximum Gasteiger partial charge on any atom is 0.317 e. The minimum atomic E-state index is 0.128. The van der Waals surface area contributed by atoms with Crippen LogP contribution < -0.4 is 10.6 Å². The molecule has 2 rings (SSSR count). The van der Waals surface area contributed by atoms with Crippen LogP contribution in [0.4, 0.5) is 4.79 Å². The molecule has 1 heterocycles. The molecule has 0 spiro atoms. The van der Waals surface area contributed by atoms with Gasteiger partial charge >= 0.3 is 6.03 Å². The smallest absolute Gasteiger partial charge is 0.317 e. The first-order valence-corrected chi connectivity index (χ1v) is 5.54. The summed E-state index contributed by atoms with van der Waals surface area (Å²) in [6.45, 7) is 4.70. The van der Waals surface area contributed by atoms with Crippen molar-refractivity contribution in [3.05, 3.63) is 0 Å². The van der Waals surface area contributed by atoms with Crippen LogP contribution in [0.2, 0.25) is 0 Å². The molecule has 4 heteroatoms. The summed E-state index contributed by atoms with van der Waals surface area (Å²) in [5.74, 6) is 0. The molecule has 0 aromatic heterocycles. The van der Waals surface area contributed by atoms with Gasteiger partial charge in [0.15, 0.2) is 0 Å². The van der Waals surface area contributed by atoms with Crippen LogP contribution >= 0.6 is 0 Å². The first kappa shape index (κ1) is 9.77. The molecule has 0 aromatic rings. The Labute approximate surface area is 85.0 Å². The maximum atomic E-state index is 11.7. The first-order valence-electron chi connectivity index (χ1n) is 5.54. The van der Waals surface area contributed by atoms with E-state index in [1.54, 1.807) is 0 Å². The molecular weight excluding hydrogens is 178 g/mol. The van der Waals surface area contributed by atoms with Crippen molar-refractivity contribution < 1.29 is 4.79 Å². The summed E-state index contributed by atoms with van der Waals surface area (Å²) in [6, 6.07) is 1.01. The first-order chi connectivity index (χ1) is 6.75. The summed E-state index contributed by atoms with van der Waals surface area (Å²) in [4.78, 5) is 13.7. The van der Waals surface area contributed by atoms with Crippen LogP contribution in [-0.4, -0.2) is 42.6 Å². The molecule has 1 aliphatic heterocycles. The second kappa shape index (κ2) is 4.17. The Morgan fingerprint density at radius 1 is 1.50 bits per heavy atom. The van der Waals surface area contributed by atoms with Gasteiger partial charge in [0, 0.05) is 31.7 Å². The van der Waals surface area contributed by atoms with E-state index in [0.717, 1.165) is 32.5 Å². The van der Waals surface area contributed by atoms with Crippen molar-refractivity contribution in [1.82, 2.24) is 15.5 Å². The lowest BCUT2D eigenvalue weighted by Crippen LogP contribution is -2.56. The van der Waals surface area contributed by atoms with Gasteiger partial charge in [0.2, 0.25) is 0 Å². The van der Waals surface area contributed by atoms with E-state index >= 15 is 0 Å². The zero-order valence-corrected chi connectivity index (χ0v) is 8.75. The molecule has 1 saturated carbocycles. The summed E-state index contributed by atoms with van der Waals surface area (Å²) < 4.78 is 0. The highest BCUT2D eigenvalue weighted by Crippen LogP contribution is 2.18. The monoisotopic (exact) mass is 197 g/mol. The maximum absolute atomic E-state index is 11.7. The Bertz CT molecular complexity index is 215. The summed E-state index contributed by atoms with van der Waals surface area (Å²) in [6.07, 6.45) is 3.59. The molecule has 4 nitrogen and oxygen atoms in total. The Morgan fingerprint density at radius 2 is 2.29 bits per heavy atom. The van der Waals surface area contributed by atoms with E-state index in [2.05, 4.69) is 17.6 Å². The van der Waals surface area contributed by atoms with E-state index in [-0.39, 0.29) is 6.03 Å². The third-order valence-corrected chi connectivity index (χ3v) is 3.09. The minimum absolute atomic E-state index is 0.128. The van der Waals surface area contributed by atoms with Crippen molar-refractivity contribution in [3.8, 4) is 0 Å². The van der Waals surface area contributed by atoms with E-state index < -0.39 is 0 Å². The highest BCUT2D eigenvalue weighted by Gasteiger charge is 2.24. The molecule has 1 aliphatic carbocycles. The van der Waals surface area contributed by atoms with Crippen molar-refractivity contribution in [3.63, 3.8) is 0 Å². The van der Waals surface area contributed by atoms with Crippen LogP contribution in [0.15, 0.2) is 0 Å². The van der Waals surface area contributed by atoms with Gasteiger partial charge in [0.05, 0.1) is 0 Å². The van der Waals surface area contributed by atoms with Crippen LogP contribution in [-0.2, 0) is 0 Å². The molecule has 1 atom stereocenters. The molecular formula is C10H19N3O. The van der Waals surface area contributed by atoms with E-state index in [4.69, 9.17) is 0 Å². The predicted octanol–water partition coefficient (Wildman–Crippen LogP) is 0.542. The lowest BCUT2D eigenvalue weighted by molar-refractivity contribution is 0.169. The van der Waals surface area contributed by atoms with Gasteiger partial charge in [-0.2, -0.15) is 0 Å². The number of piperazine rings is 1. The zero-order chi connectivity index (χ0) is 9.97. The topological polar surface area (TPSA) is 44.4 Å². The Balaban J connectivity index is 1.77. The predicted molar refractivity (Wildman–Crippen MR) is 55.2 cm³/mol. The average Bonchev–Trinajstić information content (AvgIpc) is 2.11. The number of hydrogen-bond acceptors (Lipinski definition) is 2. The van der Waals surface area contributed by atoms with E-state index in [1.165, 1.54) is 6.42 Å². The lowest BCUT2D eigenvalue weighted by atomic mass is 9.93. The molecule has 2 fully saturated rings. The SMILES string of the molecule is C[C@@H]1CN(C(=O)NC2CCC2)CCN1. The fourth-order valence-electron chi connectivity index (χ4n) is 1.94. The molecule has 2 aliphatic rings. The molecule has 0 bridgehead atoms. The molecule has 1 saturated heterocycles. The number of amides is 2. The van der Waals surface area contributed by atoms with Crippen LogP contribution in [0.1, 0.15) is 26.2 Å². The van der Waals surface area contributed by atoms with Gasteiger partial charge in [-0.25, -0.2) is 4.79 Å². The molecule has 0 radical (unpaired) electrons. The van der Waals surface area contributed by atoms with Gasteiger partial charge in [-0.15, -0.1) is 0 Å². The Kier molecular flexibility index (Phi) is 2.91. The average molecular weight is 197 g/mol. The van der Waals surface area contributed by atoms with Crippen molar-refractivity contribution in [1.29, 1.82) is 0 Å². The Morgan fingerprint density at radius 3 is 2.86 bits per heavy atom. The van der Waals surface area contributed by atoms with Gasteiger partial charge in [0.1, 0.15) is 0 Å². The van der Waals surface area contributed by atoms with Gasteiger partial charge in [0.25, 0.3) is 0 Å². The highest BCUT2D eigenvalue weighted by molar-refractivity contribution is 5.74. The van der Waals surface area contributed by atoms with Crippen molar-refractivity contribution in [2.45, 2.75) is 38.3 Å². The number of carbonyl (C=O) groups excluding carboxylic acids is 1. The third kappa shape index (κ3) is 2.18. The lowest BCUT2D eigenvalue weighted by Gasteiger charge is -2.35. The number of carbonyl (C=O) groups is 1. The van der Waals surface area contributed by atoms with Gasteiger partial charge in [-0.05, 0) is 26.2 Å². The molecule has 2 amide bonds. The van der Waals surface area contributed by atoms with E-state index in [9.17, 15) is 4.79 Å². The van der Waals surface area contributed by atoms with Crippen LogP contribution in [0, 0.1) is 0 Å². The minimum Gasteiger partial charge on any atom is -0.335 e. The van der Waals surface area contributed by atoms with Crippen LogP contribution in [0.3, 0.4) is 0 Å².